The third kappa shape index (κ3) is 4.64. The Labute approximate surface area is 100 Å². The van der Waals surface area contributed by atoms with Crippen LogP contribution in [-0.2, 0) is 11.2 Å². The van der Waals surface area contributed by atoms with Crippen LogP contribution >= 0.6 is 0 Å². The van der Waals surface area contributed by atoms with Gasteiger partial charge < -0.3 is 16.1 Å². The summed E-state index contributed by atoms with van der Waals surface area (Å²) in [7, 11) is 0. The van der Waals surface area contributed by atoms with Crippen molar-refractivity contribution in [1.82, 2.24) is 15.3 Å². The minimum Gasteiger partial charge on any atom is -0.368 e. The third-order valence-corrected chi connectivity index (χ3v) is 2.04. The van der Waals surface area contributed by atoms with Gasteiger partial charge in [0.15, 0.2) is 0 Å². The summed E-state index contributed by atoms with van der Waals surface area (Å²) < 4.78 is 0. The molecule has 1 heterocycles. The zero-order valence-corrected chi connectivity index (χ0v) is 10.1. The Kier molecular flexibility index (Phi) is 5.15. The highest BCUT2D eigenvalue weighted by Crippen LogP contribution is 2.10. The van der Waals surface area contributed by atoms with Crippen molar-refractivity contribution in [2.45, 2.75) is 20.3 Å². The van der Waals surface area contributed by atoms with E-state index in [1.165, 1.54) is 6.92 Å². The van der Waals surface area contributed by atoms with Crippen molar-refractivity contribution in [3.8, 4) is 0 Å². The highest BCUT2D eigenvalue weighted by atomic mass is 16.1. The standard InChI is InChI=1S/C10H18N6O/c1-3-8-14-9(6-10(15-8)16-11)13-5-4-12-7(2)17/h6H,3-5,11H2,1-2H3,(H,12,17)(H2,13,14,15,16). The van der Waals surface area contributed by atoms with Crippen molar-refractivity contribution in [3.63, 3.8) is 0 Å². The van der Waals surface area contributed by atoms with E-state index < -0.39 is 0 Å². The quantitative estimate of drug-likeness (QED) is 0.313. The van der Waals surface area contributed by atoms with E-state index in [4.69, 9.17) is 5.84 Å². The van der Waals surface area contributed by atoms with E-state index in [1.807, 2.05) is 6.92 Å². The molecule has 0 aromatic carbocycles. The number of nitrogens with zero attached hydrogens (tertiary/aromatic N) is 2. The number of amides is 1. The van der Waals surface area contributed by atoms with Gasteiger partial charge in [-0.2, -0.15) is 0 Å². The Balaban J connectivity index is 2.54. The Hall–Kier alpha value is -1.89. The molecule has 0 aliphatic carbocycles. The van der Waals surface area contributed by atoms with E-state index in [1.54, 1.807) is 6.07 Å². The predicted octanol–water partition coefficient (Wildman–Crippen LogP) is -0.127. The summed E-state index contributed by atoms with van der Waals surface area (Å²) in [6, 6.07) is 1.72. The van der Waals surface area contributed by atoms with Crippen LogP contribution in [0.4, 0.5) is 11.6 Å². The molecule has 0 radical (unpaired) electrons. The molecule has 7 heteroatoms. The van der Waals surface area contributed by atoms with Crippen LogP contribution in [0.2, 0.25) is 0 Å². The van der Waals surface area contributed by atoms with Crippen molar-refractivity contribution >= 4 is 17.5 Å². The van der Waals surface area contributed by atoms with Crippen molar-refractivity contribution in [2.24, 2.45) is 5.84 Å². The number of nitrogens with one attached hydrogen (secondary N) is 3. The molecule has 1 aromatic heterocycles. The van der Waals surface area contributed by atoms with Gasteiger partial charge in [-0.15, -0.1) is 0 Å². The van der Waals surface area contributed by atoms with Crippen LogP contribution in [0.15, 0.2) is 6.07 Å². The molecule has 0 bridgehead atoms. The number of nitrogen functional groups attached to an aromatic ring is 1. The van der Waals surface area contributed by atoms with Crippen LogP contribution in [0.5, 0.6) is 0 Å². The van der Waals surface area contributed by atoms with E-state index >= 15 is 0 Å². The normalized spacial score (nSPS) is 9.82. The molecule has 17 heavy (non-hydrogen) atoms. The molecule has 7 nitrogen and oxygen atoms in total. The first kappa shape index (κ1) is 13.2. The number of aromatic nitrogens is 2. The Bertz CT molecular complexity index is 359. The zero-order valence-electron chi connectivity index (χ0n) is 10.1. The second-order valence-corrected chi connectivity index (χ2v) is 3.46. The second-order valence-electron chi connectivity index (χ2n) is 3.46. The fraction of sp³-hybridized carbons (Fsp3) is 0.500. The van der Waals surface area contributed by atoms with Gasteiger partial charge in [-0.3, -0.25) is 4.79 Å². The number of rotatable bonds is 6. The van der Waals surface area contributed by atoms with E-state index in [0.29, 0.717) is 30.5 Å². The van der Waals surface area contributed by atoms with Crippen molar-refractivity contribution in [1.29, 1.82) is 0 Å². The molecule has 0 spiro atoms. The summed E-state index contributed by atoms with van der Waals surface area (Å²) in [5.74, 6) is 7.23. The lowest BCUT2D eigenvalue weighted by Crippen LogP contribution is -2.26. The van der Waals surface area contributed by atoms with Gasteiger partial charge in [0.2, 0.25) is 5.91 Å². The smallest absolute Gasteiger partial charge is 0.216 e. The average molecular weight is 238 g/mol. The molecule has 1 aromatic rings. The van der Waals surface area contributed by atoms with Gasteiger partial charge in [-0.25, -0.2) is 15.8 Å². The largest absolute Gasteiger partial charge is 0.368 e. The molecule has 94 valence electrons. The maximum atomic E-state index is 10.7. The molecule has 0 saturated heterocycles. The molecule has 1 rings (SSSR count). The molecule has 0 fully saturated rings. The molecule has 5 N–H and O–H groups in total. The first-order valence-electron chi connectivity index (χ1n) is 5.48. The summed E-state index contributed by atoms with van der Waals surface area (Å²) in [4.78, 5) is 19.1. The van der Waals surface area contributed by atoms with E-state index in [2.05, 4.69) is 26.0 Å². The fourth-order valence-electron chi connectivity index (χ4n) is 1.25. The number of hydrogen-bond acceptors (Lipinski definition) is 6. The number of carbonyl (C=O) groups excluding carboxylic acids is 1. The topological polar surface area (TPSA) is 105 Å². The Morgan fingerprint density at radius 2 is 2.06 bits per heavy atom. The maximum absolute atomic E-state index is 10.7. The monoisotopic (exact) mass is 238 g/mol. The summed E-state index contributed by atoms with van der Waals surface area (Å²) in [6.45, 7) is 4.60. The van der Waals surface area contributed by atoms with Crippen LogP contribution in [0, 0.1) is 0 Å². The molecule has 0 unspecified atom stereocenters. The summed E-state index contributed by atoms with van der Waals surface area (Å²) in [5, 5.41) is 5.78. The SMILES string of the molecule is CCc1nc(NN)cc(NCCNC(C)=O)n1. The molecular weight excluding hydrogens is 220 g/mol. The Morgan fingerprint density at radius 3 is 2.65 bits per heavy atom. The van der Waals surface area contributed by atoms with Crippen molar-refractivity contribution < 1.29 is 4.79 Å². The summed E-state index contributed by atoms with van der Waals surface area (Å²) >= 11 is 0. The number of hydrazine groups is 1. The highest BCUT2D eigenvalue weighted by molar-refractivity contribution is 5.72. The van der Waals surface area contributed by atoms with Gasteiger partial charge in [0.1, 0.15) is 17.5 Å². The maximum Gasteiger partial charge on any atom is 0.216 e. The average Bonchev–Trinajstić information content (AvgIpc) is 2.34. The van der Waals surface area contributed by atoms with Crippen LogP contribution in [0.25, 0.3) is 0 Å². The number of nitrogens with two attached hydrogens (primary N) is 1. The molecule has 0 saturated carbocycles. The zero-order chi connectivity index (χ0) is 12.7. The van der Waals surface area contributed by atoms with Gasteiger partial charge in [-0.05, 0) is 0 Å². The van der Waals surface area contributed by atoms with E-state index in [0.717, 1.165) is 6.42 Å². The van der Waals surface area contributed by atoms with Crippen LogP contribution in [0.3, 0.4) is 0 Å². The molecule has 1 amide bonds. The van der Waals surface area contributed by atoms with Crippen molar-refractivity contribution in [3.05, 3.63) is 11.9 Å². The van der Waals surface area contributed by atoms with Crippen LogP contribution in [-0.4, -0.2) is 29.0 Å². The minimum atomic E-state index is -0.0481. The van der Waals surface area contributed by atoms with Gasteiger partial charge in [0.25, 0.3) is 0 Å². The second kappa shape index (κ2) is 6.64. The van der Waals surface area contributed by atoms with Crippen LogP contribution in [0.1, 0.15) is 19.7 Å². The lowest BCUT2D eigenvalue weighted by atomic mass is 10.4. The van der Waals surface area contributed by atoms with E-state index in [-0.39, 0.29) is 5.91 Å². The highest BCUT2D eigenvalue weighted by Gasteiger charge is 2.02. The third-order valence-electron chi connectivity index (χ3n) is 2.04. The molecule has 0 aliphatic heterocycles. The van der Waals surface area contributed by atoms with Crippen molar-refractivity contribution in [2.75, 3.05) is 23.8 Å². The van der Waals surface area contributed by atoms with Gasteiger partial charge in [0.05, 0.1) is 0 Å². The lowest BCUT2D eigenvalue weighted by Gasteiger charge is -2.09. The molecular formula is C10H18N6O. The minimum absolute atomic E-state index is 0.0481. The number of aryl methyl sites for hydroxylation is 1. The first-order valence-corrected chi connectivity index (χ1v) is 5.48. The van der Waals surface area contributed by atoms with E-state index in [9.17, 15) is 4.79 Å². The number of anilines is 2. The van der Waals surface area contributed by atoms with Crippen LogP contribution < -0.4 is 21.9 Å². The van der Waals surface area contributed by atoms with Gasteiger partial charge in [-0.1, -0.05) is 6.92 Å². The summed E-state index contributed by atoms with van der Waals surface area (Å²) in [6.07, 6.45) is 0.732. The molecule has 0 aliphatic rings. The number of hydrogen-bond donors (Lipinski definition) is 4. The first-order chi connectivity index (χ1) is 8.15. The Morgan fingerprint density at radius 1 is 1.35 bits per heavy atom. The molecule has 0 atom stereocenters. The number of carbonyl (C=O) groups is 1. The predicted molar refractivity (Wildman–Crippen MR) is 66.4 cm³/mol. The lowest BCUT2D eigenvalue weighted by molar-refractivity contribution is -0.118. The van der Waals surface area contributed by atoms with Gasteiger partial charge in [0, 0.05) is 32.5 Å². The fourth-order valence-corrected chi connectivity index (χ4v) is 1.25. The summed E-state index contributed by atoms with van der Waals surface area (Å²) in [5.41, 5.74) is 2.49. The van der Waals surface area contributed by atoms with Gasteiger partial charge >= 0.3 is 0 Å².